The molecule has 0 fully saturated rings. The van der Waals surface area contributed by atoms with Crippen LogP contribution < -0.4 is 5.32 Å². The molecule has 0 spiro atoms. The lowest BCUT2D eigenvalue weighted by Crippen LogP contribution is -2.53. The summed E-state index contributed by atoms with van der Waals surface area (Å²) in [7, 11) is 0. The van der Waals surface area contributed by atoms with Crippen LogP contribution in [0.15, 0.2) is 0 Å². The SMILES string of the molecule is CCOC(=O)[C@H](NC(C)=O)C(C)(C)SC(=O)OCOC(=O)C(C)(C)C. The van der Waals surface area contributed by atoms with Gasteiger partial charge in [0, 0.05) is 6.92 Å². The van der Waals surface area contributed by atoms with Crippen LogP contribution in [0.5, 0.6) is 0 Å². The van der Waals surface area contributed by atoms with Crippen LogP contribution in [0.1, 0.15) is 48.5 Å². The van der Waals surface area contributed by atoms with E-state index in [9.17, 15) is 19.2 Å². The molecular formula is C16H27NO7S. The Hall–Kier alpha value is -1.77. The molecule has 9 heteroatoms. The van der Waals surface area contributed by atoms with Crippen molar-refractivity contribution in [1.82, 2.24) is 5.32 Å². The summed E-state index contributed by atoms with van der Waals surface area (Å²) in [5.41, 5.74) is -0.709. The molecule has 1 N–H and O–H groups in total. The molecule has 0 aliphatic carbocycles. The fraction of sp³-hybridized carbons (Fsp3) is 0.750. The number of carbonyl (C=O) groups excluding carboxylic acids is 4. The van der Waals surface area contributed by atoms with Gasteiger partial charge in [0.05, 0.1) is 16.8 Å². The summed E-state index contributed by atoms with van der Waals surface area (Å²) in [6, 6.07) is -1.04. The third kappa shape index (κ3) is 8.76. The van der Waals surface area contributed by atoms with E-state index in [0.717, 1.165) is 0 Å². The molecule has 0 radical (unpaired) electrons. The van der Waals surface area contributed by atoms with Crippen molar-refractivity contribution in [1.29, 1.82) is 0 Å². The highest BCUT2D eigenvalue weighted by atomic mass is 32.2. The van der Waals surface area contributed by atoms with Crippen molar-refractivity contribution in [3.05, 3.63) is 0 Å². The fourth-order valence-electron chi connectivity index (χ4n) is 1.60. The van der Waals surface area contributed by atoms with Crippen LogP contribution in [-0.4, -0.2) is 47.3 Å². The van der Waals surface area contributed by atoms with E-state index >= 15 is 0 Å². The van der Waals surface area contributed by atoms with Crippen LogP contribution in [0.25, 0.3) is 0 Å². The highest BCUT2D eigenvalue weighted by molar-refractivity contribution is 8.14. The number of nitrogens with one attached hydrogen (secondary N) is 1. The molecule has 0 aromatic rings. The van der Waals surface area contributed by atoms with Crippen LogP contribution in [0, 0.1) is 5.41 Å². The molecule has 0 aliphatic heterocycles. The molecule has 0 heterocycles. The molecule has 0 unspecified atom stereocenters. The lowest BCUT2D eigenvalue weighted by atomic mass is 9.98. The first-order chi connectivity index (χ1) is 11.3. The largest absolute Gasteiger partial charge is 0.464 e. The number of hydrogen-bond donors (Lipinski definition) is 1. The van der Waals surface area contributed by atoms with Crippen molar-refractivity contribution in [3.63, 3.8) is 0 Å². The molecule has 0 saturated carbocycles. The zero-order chi connectivity index (χ0) is 19.8. The number of carbonyl (C=O) groups is 4. The molecular weight excluding hydrogens is 350 g/mol. The second kappa shape index (κ2) is 9.65. The van der Waals surface area contributed by atoms with E-state index in [1.807, 2.05) is 0 Å². The molecule has 1 amide bonds. The van der Waals surface area contributed by atoms with E-state index in [4.69, 9.17) is 14.2 Å². The maximum absolute atomic E-state index is 12.0. The van der Waals surface area contributed by atoms with Crippen molar-refractivity contribution in [2.75, 3.05) is 13.4 Å². The van der Waals surface area contributed by atoms with Crippen LogP contribution in [0.3, 0.4) is 0 Å². The Labute approximate surface area is 152 Å². The van der Waals surface area contributed by atoms with Gasteiger partial charge in [-0.15, -0.1) is 0 Å². The van der Waals surface area contributed by atoms with Gasteiger partial charge in [-0.05, 0) is 53.3 Å². The summed E-state index contributed by atoms with van der Waals surface area (Å²) in [6.45, 7) is 10.7. The summed E-state index contributed by atoms with van der Waals surface area (Å²) >= 11 is 0.697. The lowest BCUT2D eigenvalue weighted by Gasteiger charge is -2.31. The van der Waals surface area contributed by atoms with Gasteiger partial charge >= 0.3 is 17.2 Å². The Morgan fingerprint density at radius 1 is 1.00 bits per heavy atom. The molecule has 144 valence electrons. The molecule has 0 aromatic heterocycles. The van der Waals surface area contributed by atoms with Crippen molar-refractivity contribution in [2.45, 2.75) is 59.3 Å². The third-order valence-electron chi connectivity index (χ3n) is 2.89. The minimum atomic E-state index is -1.04. The smallest absolute Gasteiger partial charge is 0.370 e. The van der Waals surface area contributed by atoms with Crippen LogP contribution in [-0.2, 0) is 28.6 Å². The fourth-order valence-corrected chi connectivity index (χ4v) is 2.41. The van der Waals surface area contributed by atoms with E-state index < -0.39 is 46.1 Å². The molecule has 0 saturated heterocycles. The minimum absolute atomic E-state index is 0.142. The average Bonchev–Trinajstić information content (AvgIpc) is 2.42. The summed E-state index contributed by atoms with van der Waals surface area (Å²) in [4.78, 5) is 46.9. The number of thioether (sulfide) groups is 1. The van der Waals surface area contributed by atoms with Crippen molar-refractivity contribution >= 4 is 34.9 Å². The first-order valence-electron chi connectivity index (χ1n) is 7.78. The molecule has 0 rings (SSSR count). The maximum atomic E-state index is 12.0. The summed E-state index contributed by atoms with van der Waals surface area (Å²) in [5, 5.41) is 1.73. The molecule has 0 bridgehead atoms. The van der Waals surface area contributed by atoms with Gasteiger partial charge in [-0.25, -0.2) is 9.59 Å². The lowest BCUT2D eigenvalue weighted by molar-refractivity contribution is -0.160. The monoisotopic (exact) mass is 377 g/mol. The highest BCUT2D eigenvalue weighted by Crippen LogP contribution is 2.31. The first kappa shape index (κ1) is 23.2. The zero-order valence-corrected chi connectivity index (χ0v) is 16.6. The summed E-state index contributed by atoms with van der Waals surface area (Å²) in [5.74, 6) is -1.59. The highest BCUT2D eigenvalue weighted by Gasteiger charge is 2.40. The van der Waals surface area contributed by atoms with E-state index in [0.29, 0.717) is 11.8 Å². The number of esters is 2. The predicted octanol–water partition coefficient (Wildman–Crippen LogP) is 2.25. The van der Waals surface area contributed by atoms with Crippen molar-refractivity contribution < 1.29 is 33.4 Å². The molecule has 0 aromatic carbocycles. The van der Waals surface area contributed by atoms with Crippen LogP contribution in [0.4, 0.5) is 4.79 Å². The van der Waals surface area contributed by atoms with E-state index in [2.05, 4.69) is 5.32 Å². The Bertz CT molecular complexity index is 511. The summed E-state index contributed by atoms with van der Waals surface area (Å²) in [6.07, 6.45) is 0. The van der Waals surface area contributed by atoms with Gasteiger partial charge in [-0.1, -0.05) is 0 Å². The van der Waals surface area contributed by atoms with Gasteiger partial charge in [0.25, 0.3) is 0 Å². The minimum Gasteiger partial charge on any atom is -0.464 e. The second-order valence-corrected chi connectivity index (χ2v) is 8.37. The molecule has 0 aliphatic rings. The van der Waals surface area contributed by atoms with Gasteiger partial charge in [-0.2, -0.15) is 0 Å². The first-order valence-corrected chi connectivity index (χ1v) is 8.59. The third-order valence-corrected chi connectivity index (χ3v) is 3.94. The molecule has 25 heavy (non-hydrogen) atoms. The maximum Gasteiger partial charge on any atom is 0.370 e. The number of rotatable bonds is 7. The van der Waals surface area contributed by atoms with Crippen molar-refractivity contribution in [3.8, 4) is 0 Å². The normalized spacial score (nSPS) is 12.8. The Balaban J connectivity index is 4.77. The Morgan fingerprint density at radius 2 is 1.56 bits per heavy atom. The van der Waals surface area contributed by atoms with Crippen molar-refractivity contribution in [2.24, 2.45) is 5.41 Å². The molecule has 1 atom stereocenters. The van der Waals surface area contributed by atoms with Gasteiger partial charge in [0.2, 0.25) is 12.7 Å². The number of amides is 1. The van der Waals surface area contributed by atoms with E-state index in [-0.39, 0.29) is 6.61 Å². The van der Waals surface area contributed by atoms with E-state index in [1.165, 1.54) is 6.92 Å². The Morgan fingerprint density at radius 3 is 2.00 bits per heavy atom. The number of hydrogen-bond acceptors (Lipinski definition) is 8. The average molecular weight is 377 g/mol. The van der Waals surface area contributed by atoms with Gasteiger partial charge in [0.1, 0.15) is 6.04 Å². The number of ether oxygens (including phenoxy) is 3. The zero-order valence-electron chi connectivity index (χ0n) is 15.8. The van der Waals surface area contributed by atoms with Gasteiger partial charge < -0.3 is 19.5 Å². The second-order valence-electron chi connectivity index (χ2n) is 6.79. The van der Waals surface area contributed by atoms with E-state index in [1.54, 1.807) is 41.5 Å². The van der Waals surface area contributed by atoms with Crippen LogP contribution >= 0.6 is 11.8 Å². The standard InChI is InChI=1S/C16H27NO7S/c1-8-22-12(19)11(17-10(2)18)16(6,7)25-14(21)24-9-23-13(20)15(3,4)5/h11H,8-9H2,1-7H3,(H,17,18)/t11-/m0/s1. The molecule has 8 nitrogen and oxygen atoms in total. The van der Waals surface area contributed by atoms with Gasteiger partial charge in [0.15, 0.2) is 0 Å². The Kier molecular flexibility index (Phi) is 8.96. The predicted molar refractivity (Wildman–Crippen MR) is 92.8 cm³/mol. The topological polar surface area (TPSA) is 108 Å². The summed E-state index contributed by atoms with van der Waals surface area (Å²) < 4.78 is 13.6. The van der Waals surface area contributed by atoms with Gasteiger partial charge in [-0.3, -0.25) is 9.59 Å². The quantitative estimate of drug-likeness (QED) is 0.532. The van der Waals surface area contributed by atoms with Crippen LogP contribution in [0.2, 0.25) is 0 Å².